The topological polar surface area (TPSA) is 92.4 Å². The monoisotopic (exact) mass is 216 g/mol. The van der Waals surface area contributed by atoms with Crippen LogP contribution in [-0.4, -0.2) is 29.6 Å². The van der Waals surface area contributed by atoms with E-state index in [4.69, 9.17) is 10.8 Å². The summed E-state index contributed by atoms with van der Waals surface area (Å²) in [6.07, 6.45) is 0.593. The molecule has 0 unspecified atom stereocenters. The van der Waals surface area contributed by atoms with E-state index in [2.05, 4.69) is 26.1 Å². The van der Waals surface area contributed by atoms with Crippen molar-refractivity contribution in [3.63, 3.8) is 0 Å². The third kappa shape index (κ3) is 7.93. The number of nitrogens with two attached hydrogens (primary N) is 1. The predicted octanol–water partition coefficient (Wildman–Crippen LogP) is 0.341. The number of carboxylic acids is 1. The maximum Gasteiger partial charge on any atom is 0.305 e. The van der Waals surface area contributed by atoms with Crippen LogP contribution in [-0.2, 0) is 9.59 Å². The van der Waals surface area contributed by atoms with Crippen LogP contribution in [0.2, 0.25) is 0 Å². The number of carbonyl (C=O) groups is 2. The van der Waals surface area contributed by atoms with E-state index >= 15 is 0 Å². The van der Waals surface area contributed by atoms with Gasteiger partial charge < -0.3 is 16.2 Å². The maximum absolute atomic E-state index is 10.9. The van der Waals surface area contributed by atoms with Crippen molar-refractivity contribution >= 4 is 11.9 Å². The van der Waals surface area contributed by atoms with Gasteiger partial charge in [-0.05, 0) is 18.4 Å². The summed E-state index contributed by atoms with van der Waals surface area (Å²) in [6, 6.07) is -0.773. The van der Waals surface area contributed by atoms with Crippen molar-refractivity contribution in [2.24, 2.45) is 11.1 Å². The van der Waals surface area contributed by atoms with E-state index in [1.807, 2.05) is 0 Å². The second-order valence-corrected chi connectivity index (χ2v) is 4.82. The van der Waals surface area contributed by atoms with Gasteiger partial charge in [-0.2, -0.15) is 0 Å². The number of carbonyl (C=O) groups excluding carboxylic acids is 1. The standard InChI is InChI=1S/C10H20N2O3/c1-10(2,3)4-5-12-7(9(11)15)6-8(13)14/h7,12H,4-6H2,1-3H3,(H2,11,15)(H,13,14)/t7-/m0/s1. The Hall–Kier alpha value is -1.10. The SMILES string of the molecule is CC(C)(C)CCN[C@@H](CC(=O)O)C(N)=O. The Labute approximate surface area is 90.0 Å². The van der Waals surface area contributed by atoms with Gasteiger partial charge in [0.2, 0.25) is 5.91 Å². The van der Waals surface area contributed by atoms with Crippen molar-refractivity contribution in [3.8, 4) is 0 Å². The highest BCUT2D eigenvalue weighted by atomic mass is 16.4. The molecule has 15 heavy (non-hydrogen) atoms. The number of carboxylic acid groups (broad SMARTS) is 1. The van der Waals surface area contributed by atoms with Gasteiger partial charge in [0.1, 0.15) is 0 Å². The molecule has 0 bridgehead atoms. The van der Waals surface area contributed by atoms with Crippen molar-refractivity contribution < 1.29 is 14.7 Å². The molecular formula is C10H20N2O3. The normalized spacial score (nSPS) is 13.5. The van der Waals surface area contributed by atoms with Crippen LogP contribution in [0.1, 0.15) is 33.6 Å². The van der Waals surface area contributed by atoms with E-state index in [0.29, 0.717) is 6.54 Å². The molecule has 0 aromatic heterocycles. The van der Waals surface area contributed by atoms with Gasteiger partial charge in [-0.1, -0.05) is 20.8 Å². The van der Waals surface area contributed by atoms with E-state index in [1.54, 1.807) is 0 Å². The minimum Gasteiger partial charge on any atom is -0.481 e. The molecular weight excluding hydrogens is 196 g/mol. The van der Waals surface area contributed by atoms with Crippen LogP contribution in [0.3, 0.4) is 0 Å². The Bertz CT molecular complexity index is 233. The smallest absolute Gasteiger partial charge is 0.305 e. The molecule has 0 heterocycles. The number of nitrogens with one attached hydrogen (secondary N) is 1. The molecule has 0 radical (unpaired) electrons. The van der Waals surface area contributed by atoms with Gasteiger partial charge in [0, 0.05) is 0 Å². The lowest BCUT2D eigenvalue weighted by atomic mass is 9.92. The summed E-state index contributed by atoms with van der Waals surface area (Å²) in [5, 5.41) is 11.4. The number of hydrogen-bond donors (Lipinski definition) is 3. The first kappa shape index (κ1) is 13.9. The first-order valence-electron chi connectivity index (χ1n) is 4.97. The zero-order valence-electron chi connectivity index (χ0n) is 9.54. The third-order valence-electron chi connectivity index (χ3n) is 1.99. The molecule has 0 aliphatic heterocycles. The Balaban J connectivity index is 3.98. The molecule has 0 saturated heterocycles. The summed E-state index contributed by atoms with van der Waals surface area (Å²) >= 11 is 0. The van der Waals surface area contributed by atoms with Crippen LogP contribution in [0.15, 0.2) is 0 Å². The number of aliphatic carboxylic acids is 1. The van der Waals surface area contributed by atoms with E-state index in [-0.39, 0.29) is 11.8 Å². The Morgan fingerprint density at radius 2 is 1.93 bits per heavy atom. The molecule has 0 rings (SSSR count). The molecule has 5 nitrogen and oxygen atoms in total. The fourth-order valence-electron chi connectivity index (χ4n) is 1.07. The summed E-state index contributed by atoms with van der Waals surface area (Å²) in [4.78, 5) is 21.3. The minimum absolute atomic E-state index is 0.151. The minimum atomic E-state index is -1.03. The average molecular weight is 216 g/mol. The lowest BCUT2D eigenvalue weighted by molar-refractivity contribution is -0.139. The van der Waals surface area contributed by atoms with Gasteiger partial charge in [0.05, 0.1) is 12.5 Å². The zero-order valence-corrected chi connectivity index (χ0v) is 9.54. The van der Waals surface area contributed by atoms with E-state index in [9.17, 15) is 9.59 Å². The highest BCUT2D eigenvalue weighted by Gasteiger charge is 2.19. The number of primary amides is 1. The second-order valence-electron chi connectivity index (χ2n) is 4.82. The second kappa shape index (κ2) is 5.70. The number of hydrogen-bond acceptors (Lipinski definition) is 3. The van der Waals surface area contributed by atoms with E-state index < -0.39 is 17.9 Å². The summed E-state index contributed by atoms with van der Waals surface area (Å²) in [5.74, 6) is -1.65. The largest absolute Gasteiger partial charge is 0.481 e. The van der Waals surface area contributed by atoms with Gasteiger partial charge in [-0.25, -0.2) is 0 Å². The molecule has 0 aliphatic carbocycles. The van der Waals surface area contributed by atoms with Gasteiger partial charge >= 0.3 is 5.97 Å². The molecule has 0 saturated carbocycles. The van der Waals surface area contributed by atoms with E-state index in [1.165, 1.54) is 0 Å². The first-order chi connectivity index (χ1) is 6.72. The highest BCUT2D eigenvalue weighted by molar-refractivity contribution is 5.84. The van der Waals surface area contributed by atoms with Crippen molar-refractivity contribution in [2.45, 2.75) is 39.7 Å². The summed E-state index contributed by atoms with van der Waals surface area (Å²) < 4.78 is 0. The molecule has 0 aromatic carbocycles. The van der Waals surface area contributed by atoms with Crippen molar-refractivity contribution in [1.29, 1.82) is 0 Å². The van der Waals surface area contributed by atoms with Crippen LogP contribution < -0.4 is 11.1 Å². The molecule has 88 valence electrons. The van der Waals surface area contributed by atoms with Crippen LogP contribution in [0.25, 0.3) is 0 Å². The average Bonchev–Trinajstić information content (AvgIpc) is 1.99. The fourth-order valence-corrected chi connectivity index (χ4v) is 1.07. The van der Waals surface area contributed by atoms with Crippen molar-refractivity contribution in [2.75, 3.05) is 6.54 Å². The van der Waals surface area contributed by atoms with Crippen molar-refractivity contribution in [1.82, 2.24) is 5.32 Å². The van der Waals surface area contributed by atoms with Crippen LogP contribution in [0, 0.1) is 5.41 Å². The van der Waals surface area contributed by atoms with Crippen LogP contribution >= 0.6 is 0 Å². The number of rotatable bonds is 6. The summed E-state index contributed by atoms with van der Waals surface area (Å²) in [6.45, 7) is 6.81. The Morgan fingerprint density at radius 3 is 2.27 bits per heavy atom. The third-order valence-corrected chi connectivity index (χ3v) is 1.99. The quantitative estimate of drug-likeness (QED) is 0.597. The fraction of sp³-hybridized carbons (Fsp3) is 0.800. The molecule has 0 fully saturated rings. The summed E-state index contributed by atoms with van der Waals surface area (Å²) in [7, 11) is 0. The Kier molecular flexibility index (Phi) is 5.28. The first-order valence-corrected chi connectivity index (χ1v) is 4.97. The number of amides is 1. The maximum atomic E-state index is 10.9. The predicted molar refractivity (Wildman–Crippen MR) is 57.3 cm³/mol. The molecule has 0 aliphatic rings. The lowest BCUT2D eigenvalue weighted by Crippen LogP contribution is -2.43. The van der Waals surface area contributed by atoms with Gasteiger partial charge in [-0.3, -0.25) is 9.59 Å². The molecule has 0 spiro atoms. The zero-order chi connectivity index (χ0) is 12.1. The van der Waals surface area contributed by atoms with Gasteiger partial charge in [0.15, 0.2) is 0 Å². The van der Waals surface area contributed by atoms with Gasteiger partial charge in [0.25, 0.3) is 0 Å². The molecule has 0 aromatic rings. The molecule has 1 amide bonds. The lowest BCUT2D eigenvalue weighted by Gasteiger charge is -2.20. The van der Waals surface area contributed by atoms with Crippen molar-refractivity contribution in [3.05, 3.63) is 0 Å². The van der Waals surface area contributed by atoms with E-state index in [0.717, 1.165) is 6.42 Å². The molecule has 1 atom stereocenters. The van der Waals surface area contributed by atoms with Crippen LogP contribution in [0.5, 0.6) is 0 Å². The van der Waals surface area contributed by atoms with Gasteiger partial charge in [-0.15, -0.1) is 0 Å². The molecule has 4 N–H and O–H groups in total. The Morgan fingerprint density at radius 1 is 1.40 bits per heavy atom. The highest BCUT2D eigenvalue weighted by Crippen LogP contribution is 2.17. The van der Waals surface area contributed by atoms with Crippen LogP contribution in [0.4, 0.5) is 0 Å². The summed E-state index contributed by atoms with van der Waals surface area (Å²) in [5.41, 5.74) is 5.22. The molecule has 5 heteroatoms.